The van der Waals surface area contributed by atoms with Crippen molar-refractivity contribution in [3.63, 3.8) is 0 Å². The Kier molecular flexibility index (Phi) is 5.01. The summed E-state index contributed by atoms with van der Waals surface area (Å²) in [5, 5.41) is 4.98. The number of nitrogens with zero attached hydrogens (tertiary/aromatic N) is 2. The Labute approximate surface area is 118 Å². The lowest BCUT2D eigenvalue weighted by atomic mass is 10.2. The molecule has 102 valence electrons. The number of hydrogen-bond donors (Lipinski definition) is 2. The van der Waals surface area contributed by atoms with Gasteiger partial charge in [-0.1, -0.05) is 32.0 Å². The molecule has 0 saturated heterocycles. The topological polar surface area (TPSA) is 55.9 Å². The maximum Gasteiger partial charge on any atom is 0.0723 e. The predicted octanol–water partition coefficient (Wildman–Crippen LogP) is 2.52. The zero-order chi connectivity index (χ0) is 13.7. The number of thioether (sulfide) groups is 1. The van der Waals surface area contributed by atoms with Gasteiger partial charge in [-0.15, -0.1) is 0 Å². The van der Waals surface area contributed by atoms with Crippen LogP contribution in [0, 0.1) is 0 Å². The molecule has 2 aromatic rings. The minimum absolute atomic E-state index is 0.0927. The Balaban J connectivity index is 2.22. The van der Waals surface area contributed by atoms with Crippen LogP contribution in [0.3, 0.4) is 0 Å². The first-order chi connectivity index (χ1) is 9.22. The summed E-state index contributed by atoms with van der Waals surface area (Å²) in [4.78, 5) is 0. The maximum atomic E-state index is 5.69. The summed E-state index contributed by atoms with van der Waals surface area (Å²) in [7, 11) is 0. The van der Waals surface area contributed by atoms with E-state index < -0.39 is 0 Å². The van der Waals surface area contributed by atoms with Crippen LogP contribution in [0.4, 0.5) is 0 Å². The molecule has 0 aliphatic rings. The van der Waals surface area contributed by atoms with Gasteiger partial charge in [0.2, 0.25) is 0 Å². The third-order valence-electron chi connectivity index (χ3n) is 2.83. The highest BCUT2D eigenvalue weighted by molar-refractivity contribution is 7.99. The van der Waals surface area contributed by atoms with Gasteiger partial charge in [0.05, 0.1) is 17.4 Å². The monoisotopic (exact) mass is 276 g/mol. The number of nitrogens with two attached hydrogens (primary N) is 1. The Morgan fingerprint density at radius 1 is 1.26 bits per heavy atom. The molecule has 0 radical (unpaired) electrons. The van der Waals surface area contributed by atoms with Crippen LogP contribution in [-0.4, -0.2) is 20.8 Å². The predicted molar refractivity (Wildman–Crippen MR) is 81.2 cm³/mol. The van der Waals surface area contributed by atoms with E-state index in [2.05, 4.69) is 24.4 Å². The molecule has 2 rings (SSSR count). The fourth-order valence-corrected chi connectivity index (χ4v) is 2.71. The van der Waals surface area contributed by atoms with Crippen molar-refractivity contribution in [2.75, 3.05) is 5.75 Å². The second-order valence-electron chi connectivity index (χ2n) is 4.60. The minimum atomic E-state index is 0.0927. The molecule has 0 saturated carbocycles. The lowest BCUT2D eigenvalue weighted by Crippen LogP contribution is -2.31. The molecule has 3 N–H and O–H groups in total. The summed E-state index contributed by atoms with van der Waals surface area (Å²) in [5.74, 6) is 6.62. The normalized spacial score (nSPS) is 12.8. The highest BCUT2D eigenvalue weighted by atomic mass is 32.2. The van der Waals surface area contributed by atoms with Crippen molar-refractivity contribution >= 4 is 11.8 Å². The van der Waals surface area contributed by atoms with Gasteiger partial charge in [-0.25, -0.2) is 4.68 Å². The zero-order valence-corrected chi connectivity index (χ0v) is 12.1. The van der Waals surface area contributed by atoms with Crippen LogP contribution in [0.25, 0.3) is 5.69 Å². The summed E-state index contributed by atoms with van der Waals surface area (Å²) in [6.07, 6.45) is 1.81. The van der Waals surface area contributed by atoms with Gasteiger partial charge < -0.3 is 0 Å². The highest BCUT2D eigenvalue weighted by Crippen LogP contribution is 2.22. The molecule has 0 aliphatic heterocycles. The van der Waals surface area contributed by atoms with E-state index in [-0.39, 0.29) is 6.04 Å². The molecule has 0 spiro atoms. The van der Waals surface area contributed by atoms with Crippen LogP contribution in [0.15, 0.2) is 42.6 Å². The van der Waals surface area contributed by atoms with Crippen LogP contribution >= 0.6 is 11.8 Å². The number of rotatable bonds is 6. The molecule has 1 aromatic heterocycles. The van der Waals surface area contributed by atoms with Crippen molar-refractivity contribution in [1.82, 2.24) is 15.2 Å². The minimum Gasteiger partial charge on any atom is -0.271 e. The fourth-order valence-electron chi connectivity index (χ4n) is 1.87. The van der Waals surface area contributed by atoms with Crippen molar-refractivity contribution in [3.05, 3.63) is 48.3 Å². The van der Waals surface area contributed by atoms with Gasteiger partial charge in [0.15, 0.2) is 0 Å². The van der Waals surface area contributed by atoms with Gasteiger partial charge in [-0.3, -0.25) is 11.3 Å². The first-order valence-corrected chi connectivity index (χ1v) is 7.44. The Morgan fingerprint density at radius 3 is 2.63 bits per heavy atom. The van der Waals surface area contributed by atoms with Crippen LogP contribution in [0.5, 0.6) is 0 Å². The van der Waals surface area contributed by atoms with Gasteiger partial charge in [0, 0.05) is 11.9 Å². The van der Waals surface area contributed by atoms with Crippen molar-refractivity contribution in [3.8, 4) is 5.69 Å². The largest absolute Gasteiger partial charge is 0.271 e. The van der Waals surface area contributed by atoms with Crippen molar-refractivity contribution in [2.24, 2.45) is 5.84 Å². The van der Waals surface area contributed by atoms with Crippen LogP contribution in [0.1, 0.15) is 25.6 Å². The van der Waals surface area contributed by atoms with E-state index in [1.54, 1.807) is 0 Å². The first kappa shape index (κ1) is 14.1. The Bertz CT molecular complexity index is 495. The summed E-state index contributed by atoms with van der Waals surface area (Å²) in [6.45, 7) is 4.37. The number of para-hydroxylation sites is 1. The molecule has 1 aromatic carbocycles. The summed E-state index contributed by atoms with van der Waals surface area (Å²) in [6, 6.07) is 12.2. The summed E-state index contributed by atoms with van der Waals surface area (Å²) >= 11 is 1.88. The van der Waals surface area contributed by atoms with Gasteiger partial charge in [-0.2, -0.15) is 16.9 Å². The molecule has 0 amide bonds. The molecule has 4 nitrogen and oxygen atoms in total. The number of nitrogens with one attached hydrogen (secondary N) is 1. The highest BCUT2D eigenvalue weighted by Gasteiger charge is 2.16. The van der Waals surface area contributed by atoms with Crippen molar-refractivity contribution < 1.29 is 0 Å². The lowest BCUT2D eigenvalue weighted by Gasteiger charge is -2.18. The van der Waals surface area contributed by atoms with Gasteiger partial charge in [0.25, 0.3) is 0 Å². The van der Waals surface area contributed by atoms with E-state index in [1.165, 1.54) is 0 Å². The van der Waals surface area contributed by atoms with Gasteiger partial charge in [0.1, 0.15) is 0 Å². The van der Waals surface area contributed by atoms with Crippen LogP contribution < -0.4 is 11.3 Å². The molecule has 5 heteroatoms. The van der Waals surface area contributed by atoms with E-state index >= 15 is 0 Å². The van der Waals surface area contributed by atoms with E-state index in [1.807, 2.05) is 59.0 Å². The van der Waals surface area contributed by atoms with Crippen LogP contribution in [-0.2, 0) is 0 Å². The van der Waals surface area contributed by atoms with Gasteiger partial charge >= 0.3 is 0 Å². The number of aromatic nitrogens is 2. The SMILES string of the molecule is CC(C)SCC(NN)c1ccnn1-c1ccccc1. The smallest absolute Gasteiger partial charge is 0.0723 e. The Morgan fingerprint density at radius 2 is 2.00 bits per heavy atom. The van der Waals surface area contributed by atoms with Crippen molar-refractivity contribution in [1.29, 1.82) is 0 Å². The molecular weight excluding hydrogens is 256 g/mol. The first-order valence-electron chi connectivity index (χ1n) is 6.39. The fraction of sp³-hybridized carbons (Fsp3) is 0.357. The molecule has 19 heavy (non-hydrogen) atoms. The van der Waals surface area contributed by atoms with Crippen molar-refractivity contribution in [2.45, 2.75) is 25.1 Å². The number of hydrogen-bond acceptors (Lipinski definition) is 4. The number of benzene rings is 1. The van der Waals surface area contributed by atoms with Crippen LogP contribution in [0.2, 0.25) is 0 Å². The molecule has 0 aliphatic carbocycles. The standard InChI is InChI=1S/C14H20N4S/c1-11(2)19-10-13(17-15)14-8-9-16-18(14)12-6-4-3-5-7-12/h3-9,11,13,17H,10,15H2,1-2H3. The quantitative estimate of drug-likeness (QED) is 0.629. The second kappa shape index (κ2) is 6.75. The maximum absolute atomic E-state index is 5.69. The third-order valence-corrected chi connectivity index (χ3v) is 4.02. The summed E-state index contributed by atoms with van der Waals surface area (Å²) in [5.41, 5.74) is 5.03. The zero-order valence-electron chi connectivity index (χ0n) is 11.3. The summed E-state index contributed by atoms with van der Waals surface area (Å²) < 4.78 is 1.94. The third kappa shape index (κ3) is 3.59. The van der Waals surface area contributed by atoms with E-state index in [0.717, 1.165) is 17.1 Å². The molecule has 0 bridgehead atoms. The van der Waals surface area contributed by atoms with E-state index in [4.69, 9.17) is 5.84 Å². The molecule has 0 fully saturated rings. The molecule has 1 atom stereocenters. The van der Waals surface area contributed by atoms with Gasteiger partial charge in [-0.05, 0) is 23.4 Å². The molecular formula is C14H20N4S. The lowest BCUT2D eigenvalue weighted by molar-refractivity contribution is 0.573. The average molecular weight is 276 g/mol. The average Bonchev–Trinajstić information content (AvgIpc) is 2.89. The molecule has 1 heterocycles. The Hall–Kier alpha value is -1.30. The van der Waals surface area contributed by atoms with E-state index in [9.17, 15) is 0 Å². The second-order valence-corrected chi connectivity index (χ2v) is 6.21. The van der Waals surface area contributed by atoms with E-state index in [0.29, 0.717) is 5.25 Å². The molecule has 1 unspecified atom stereocenters. The number of hydrazine groups is 1.